The predicted molar refractivity (Wildman–Crippen MR) is 91.7 cm³/mol. The van der Waals surface area contributed by atoms with E-state index in [0.717, 1.165) is 28.8 Å². The van der Waals surface area contributed by atoms with Crippen LogP contribution in [0.3, 0.4) is 0 Å². The number of aryl methyl sites for hydroxylation is 2. The zero-order valence-corrected chi connectivity index (χ0v) is 13.7. The molecular formula is C18H20N4O. The van der Waals surface area contributed by atoms with Crippen LogP contribution in [-0.4, -0.2) is 27.4 Å². The highest BCUT2D eigenvalue weighted by molar-refractivity contribution is 6.07. The Hall–Kier alpha value is -2.69. The van der Waals surface area contributed by atoms with Gasteiger partial charge in [0.25, 0.3) is 5.91 Å². The first-order chi connectivity index (χ1) is 11.1. The van der Waals surface area contributed by atoms with Crippen molar-refractivity contribution in [3.05, 3.63) is 53.6 Å². The summed E-state index contributed by atoms with van der Waals surface area (Å²) >= 11 is 0. The number of rotatable bonds is 4. The average Bonchev–Trinajstić information content (AvgIpc) is 2.97. The Kier molecular flexibility index (Phi) is 4.10. The van der Waals surface area contributed by atoms with E-state index in [2.05, 4.69) is 10.3 Å². The molecule has 1 amide bonds. The van der Waals surface area contributed by atoms with Gasteiger partial charge in [0.05, 0.1) is 5.52 Å². The predicted octanol–water partition coefficient (Wildman–Crippen LogP) is 3.43. The molecule has 0 saturated carbocycles. The summed E-state index contributed by atoms with van der Waals surface area (Å²) in [5.74, 6) is -0.0222. The van der Waals surface area contributed by atoms with Crippen molar-refractivity contribution in [2.75, 3.05) is 11.4 Å². The highest BCUT2D eigenvalue weighted by Gasteiger charge is 2.17. The minimum absolute atomic E-state index is 0.0222. The van der Waals surface area contributed by atoms with Crippen molar-refractivity contribution in [1.29, 1.82) is 0 Å². The van der Waals surface area contributed by atoms with Gasteiger partial charge in [-0.05, 0) is 56.7 Å². The van der Waals surface area contributed by atoms with E-state index >= 15 is 0 Å². The minimum Gasteiger partial charge on any atom is -0.309 e. The topological polar surface area (TPSA) is 51.0 Å². The summed E-state index contributed by atoms with van der Waals surface area (Å²) in [4.78, 5) is 14.7. The summed E-state index contributed by atoms with van der Waals surface area (Å²) in [5.41, 5.74) is 4.37. The van der Waals surface area contributed by atoms with Crippen molar-refractivity contribution in [3.8, 4) is 0 Å². The lowest BCUT2D eigenvalue weighted by atomic mass is 10.1. The molecule has 0 aliphatic carbocycles. The summed E-state index contributed by atoms with van der Waals surface area (Å²) in [6.07, 6.45) is 0. The zero-order chi connectivity index (χ0) is 16.4. The normalized spacial score (nSPS) is 10.9. The van der Waals surface area contributed by atoms with Crippen LogP contribution in [0.1, 0.15) is 29.8 Å². The van der Waals surface area contributed by atoms with Gasteiger partial charge in [-0.3, -0.25) is 4.79 Å². The van der Waals surface area contributed by atoms with Crippen LogP contribution in [-0.2, 0) is 6.54 Å². The Balaban J connectivity index is 1.97. The van der Waals surface area contributed by atoms with Crippen LogP contribution in [0.2, 0.25) is 0 Å². The van der Waals surface area contributed by atoms with E-state index in [-0.39, 0.29) is 5.91 Å². The van der Waals surface area contributed by atoms with Gasteiger partial charge in [-0.2, -0.15) is 0 Å². The van der Waals surface area contributed by atoms with Crippen LogP contribution in [0.4, 0.5) is 5.69 Å². The monoisotopic (exact) mass is 308 g/mol. The largest absolute Gasteiger partial charge is 0.309 e. The van der Waals surface area contributed by atoms with Crippen molar-refractivity contribution >= 4 is 22.6 Å². The second-order valence-electron chi connectivity index (χ2n) is 5.50. The number of carbonyl (C=O) groups excluding carboxylic acids is 1. The molecule has 5 heteroatoms. The lowest BCUT2D eigenvalue weighted by Crippen LogP contribution is -2.30. The van der Waals surface area contributed by atoms with Crippen LogP contribution >= 0.6 is 0 Å². The Morgan fingerprint density at radius 1 is 1.17 bits per heavy atom. The number of amides is 1. The molecule has 0 unspecified atom stereocenters. The first-order valence-corrected chi connectivity index (χ1v) is 7.85. The quantitative estimate of drug-likeness (QED) is 0.742. The second-order valence-corrected chi connectivity index (χ2v) is 5.50. The van der Waals surface area contributed by atoms with Crippen molar-refractivity contribution in [2.45, 2.75) is 27.3 Å². The molecule has 1 heterocycles. The molecule has 0 bridgehead atoms. The molecule has 0 fully saturated rings. The van der Waals surface area contributed by atoms with Crippen LogP contribution in [0.5, 0.6) is 0 Å². The maximum Gasteiger partial charge on any atom is 0.258 e. The van der Waals surface area contributed by atoms with Gasteiger partial charge < -0.3 is 4.90 Å². The molecule has 0 radical (unpaired) electrons. The summed E-state index contributed by atoms with van der Waals surface area (Å²) in [6.45, 7) is 7.39. The van der Waals surface area contributed by atoms with Gasteiger partial charge in [-0.15, -0.1) is 5.10 Å². The van der Waals surface area contributed by atoms with Crippen LogP contribution in [0, 0.1) is 6.92 Å². The van der Waals surface area contributed by atoms with Gasteiger partial charge in [0.15, 0.2) is 0 Å². The average molecular weight is 308 g/mol. The van der Waals surface area contributed by atoms with E-state index in [4.69, 9.17) is 0 Å². The van der Waals surface area contributed by atoms with Crippen LogP contribution < -0.4 is 4.90 Å². The van der Waals surface area contributed by atoms with E-state index in [1.54, 1.807) is 4.90 Å². The minimum atomic E-state index is -0.0222. The molecule has 23 heavy (non-hydrogen) atoms. The molecule has 118 valence electrons. The van der Waals surface area contributed by atoms with Gasteiger partial charge in [0.1, 0.15) is 5.52 Å². The number of anilines is 1. The first kappa shape index (κ1) is 15.2. The smallest absolute Gasteiger partial charge is 0.258 e. The SMILES string of the molecule is CCN(C(=O)c1ccc2c(c1)nnn2CC)c1cccc(C)c1. The zero-order valence-electron chi connectivity index (χ0n) is 13.7. The fraction of sp³-hybridized carbons (Fsp3) is 0.278. The summed E-state index contributed by atoms with van der Waals surface area (Å²) < 4.78 is 1.82. The first-order valence-electron chi connectivity index (χ1n) is 7.85. The lowest BCUT2D eigenvalue weighted by Gasteiger charge is -2.21. The summed E-state index contributed by atoms with van der Waals surface area (Å²) in [5, 5.41) is 8.24. The maximum atomic E-state index is 12.9. The third-order valence-electron chi connectivity index (χ3n) is 3.94. The van der Waals surface area contributed by atoms with E-state index in [0.29, 0.717) is 12.1 Å². The Morgan fingerprint density at radius 3 is 2.70 bits per heavy atom. The van der Waals surface area contributed by atoms with Gasteiger partial charge in [-0.25, -0.2) is 4.68 Å². The molecule has 0 aliphatic rings. The van der Waals surface area contributed by atoms with Crippen molar-refractivity contribution in [3.63, 3.8) is 0 Å². The van der Waals surface area contributed by atoms with Crippen molar-refractivity contribution in [2.24, 2.45) is 0 Å². The molecule has 3 rings (SSSR count). The molecule has 0 saturated heterocycles. The summed E-state index contributed by atoms with van der Waals surface area (Å²) in [6, 6.07) is 13.5. The molecule has 5 nitrogen and oxygen atoms in total. The van der Waals surface area contributed by atoms with E-state index in [9.17, 15) is 4.79 Å². The maximum absolute atomic E-state index is 12.9. The third kappa shape index (κ3) is 2.82. The van der Waals surface area contributed by atoms with Crippen molar-refractivity contribution in [1.82, 2.24) is 15.0 Å². The molecule has 0 atom stereocenters. The number of nitrogens with zero attached hydrogens (tertiary/aromatic N) is 4. The molecule has 0 N–H and O–H groups in total. The standard InChI is InChI=1S/C18H20N4O/c1-4-21(15-8-6-7-13(3)11-15)18(23)14-9-10-17-16(12-14)19-20-22(17)5-2/h6-12H,4-5H2,1-3H3. The molecule has 2 aromatic carbocycles. The summed E-state index contributed by atoms with van der Waals surface area (Å²) in [7, 11) is 0. The van der Waals surface area contributed by atoms with Crippen LogP contribution in [0.25, 0.3) is 11.0 Å². The van der Waals surface area contributed by atoms with Gasteiger partial charge >= 0.3 is 0 Å². The number of carbonyl (C=O) groups is 1. The van der Waals surface area contributed by atoms with Gasteiger partial charge in [0, 0.05) is 24.3 Å². The van der Waals surface area contributed by atoms with E-state index in [1.165, 1.54) is 0 Å². The van der Waals surface area contributed by atoms with E-state index in [1.807, 2.05) is 67.9 Å². The molecular weight excluding hydrogens is 288 g/mol. The number of fused-ring (bicyclic) bond motifs is 1. The van der Waals surface area contributed by atoms with Gasteiger partial charge in [0.2, 0.25) is 0 Å². The highest BCUT2D eigenvalue weighted by Crippen LogP contribution is 2.20. The van der Waals surface area contributed by atoms with Crippen LogP contribution in [0.15, 0.2) is 42.5 Å². The Labute approximate surface area is 135 Å². The molecule has 3 aromatic rings. The van der Waals surface area contributed by atoms with Crippen molar-refractivity contribution < 1.29 is 4.79 Å². The number of hydrogen-bond acceptors (Lipinski definition) is 3. The highest BCUT2D eigenvalue weighted by atomic mass is 16.2. The fourth-order valence-electron chi connectivity index (χ4n) is 2.73. The molecule has 0 aliphatic heterocycles. The Bertz CT molecular complexity index is 853. The number of aromatic nitrogens is 3. The number of hydrogen-bond donors (Lipinski definition) is 0. The fourth-order valence-corrected chi connectivity index (χ4v) is 2.73. The molecule has 1 aromatic heterocycles. The van der Waals surface area contributed by atoms with E-state index < -0.39 is 0 Å². The third-order valence-corrected chi connectivity index (χ3v) is 3.94. The Morgan fingerprint density at radius 2 is 2.00 bits per heavy atom. The molecule has 0 spiro atoms. The van der Waals surface area contributed by atoms with Gasteiger partial charge in [-0.1, -0.05) is 17.3 Å². The lowest BCUT2D eigenvalue weighted by molar-refractivity contribution is 0.0988. The number of benzene rings is 2. The second kappa shape index (κ2) is 6.20.